The highest BCUT2D eigenvalue weighted by Crippen LogP contribution is 2.18. The standard InChI is InChI=1S/C28H37N7O2/c1-4-34(5-2)17-8-18-35(28(37)32-23-14-12-22(30-3)13-15-23)20-21-11-16-26(31-19-21)27(36)33-25-10-7-6-9-24(25)29/h6-7,9-16,19,30H,4-5,8,17-18,20,29H2,1-3H3,(H,32,37)(H,33,36). The van der Waals surface area contributed by atoms with Gasteiger partial charge >= 0.3 is 6.03 Å². The number of hydrogen-bond acceptors (Lipinski definition) is 6. The second-order valence-electron chi connectivity index (χ2n) is 8.65. The number of nitrogen functional groups attached to an aromatic ring is 1. The summed E-state index contributed by atoms with van der Waals surface area (Å²) in [6.07, 6.45) is 2.48. The zero-order valence-electron chi connectivity index (χ0n) is 21.8. The van der Waals surface area contributed by atoms with Gasteiger partial charge in [-0.1, -0.05) is 32.0 Å². The van der Waals surface area contributed by atoms with Gasteiger partial charge in [-0.3, -0.25) is 9.78 Å². The molecule has 3 aromatic rings. The number of nitrogens with two attached hydrogens (primary N) is 1. The Bertz CT molecular complexity index is 1150. The highest BCUT2D eigenvalue weighted by atomic mass is 16.2. The van der Waals surface area contributed by atoms with Crippen molar-refractivity contribution in [1.82, 2.24) is 14.8 Å². The first-order chi connectivity index (χ1) is 17.9. The average molecular weight is 504 g/mol. The predicted octanol–water partition coefficient (Wildman–Crippen LogP) is 4.72. The van der Waals surface area contributed by atoms with Gasteiger partial charge in [-0.15, -0.1) is 0 Å². The summed E-state index contributed by atoms with van der Waals surface area (Å²) >= 11 is 0. The van der Waals surface area contributed by atoms with Crippen LogP contribution in [0, 0.1) is 0 Å². The number of aromatic nitrogens is 1. The first kappa shape index (κ1) is 27.5. The minimum atomic E-state index is -0.344. The lowest BCUT2D eigenvalue weighted by atomic mass is 10.2. The maximum absolute atomic E-state index is 13.2. The zero-order valence-corrected chi connectivity index (χ0v) is 21.8. The van der Waals surface area contributed by atoms with Crippen LogP contribution in [0.2, 0.25) is 0 Å². The van der Waals surface area contributed by atoms with E-state index < -0.39 is 0 Å². The number of anilines is 4. The number of urea groups is 1. The SMILES string of the molecule is CCN(CC)CCCN(Cc1ccc(C(=O)Nc2ccccc2N)nc1)C(=O)Nc1ccc(NC)cc1. The molecule has 196 valence electrons. The molecule has 0 aliphatic heterocycles. The predicted molar refractivity (Wildman–Crippen MR) is 151 cm³/mol. The van der Waals surface area contributed by atoms with Gasteiger partial charge in [0.15, 0.2) is 0 Å². The van der Waals surface area contributed by atoms with Gasteiger partial charge in [0.2, 0.25) is 0 Å². The summed E-state index contributed by atoms with van der Waals surface area (Å²) in [5, 5.41) is 8.84. The van der Waals surface area contributed by atoms with Crippen LogP contribution in [0.1, 0.15) is 36.3 Å². The van der Waals surface area contributed by atoms with E-state index in [1.165, 1.54) is 0 Å². The number of rotatable bonds is 12. The molecule has 0 aliphatic carbocycles. The van der Waals surface area contributed by atoms with Crippen molar-refractivity contribution in [3.05, 3.63) is 78.1 Å². The van der Waals surface area contributed by atoms with Gasteiger partial charge in [-0.05, 0) is 74.1 Å². The molecular formula is C28H37N7O2. The summed E-state index contributed by atoms with van der Waals surface area (Å²) < 4.78 is 0. The molecule has 9 heteroatoms. The quantitative estimate of drug-likeness (QED) is 0.266. The number of carbonyl (C=O) groups excluding carboxylic acids is 2. The third-order valence-electron chi connectivity index (χ3n) is 6.15. The normalized spacial score (nSPS) is 10.7. The van der Waals surface area contributed by atoms with Crippen molar-refractivity contribution in [2.75, 3.05) is 54.9 Å². The van der Waals surface area contributed by atoms with E-state index >= 15 is 0 Å². The second-order valence-corrected chi connectivity index (χ2v) is 8.65. The molecule has 0 aliphatic rings. The first-order valence-electron chi connectivity index (χ1n) is 12.6. The van der Waals surface area contributed by atoms with Gasteiger partial charge in [0.1, 0.15) is 5.69 Å². The van der Waals surface area contributed by atoms with E-state index in [0.29, 0.717) is 24.5 Å². The minimum absolute atomic E-state index is 0.182. The van der Waals surface area contributed by atoms with Crippen molar-refractivity contribution in [3.63, 3.8) is 0 Å². The maximum atomic E-state index is 13.2. The van der Waals surface area contributed by atoms with Crippen LogP contribution in [0.5, 0.6) is 0 Å². The molecular weight excluding hydrogens is 466 g/mol. The summed E-state index contributed by atoms with van der Waals surface area (Å²) in [7, 11) is 1.85. The van der Waals surface area contributed by atoms with Gasteiger partial charge in [0.05, 0.1) is 11.4 Å². The van der Waals surface area contributed by atoms with E-state index in [9.17, 15) is 9.59 Å². The molecule has 1 aromatic heterocycles. The molecule has 3 amide bonds. The van der Waals surface area contributed by atoms with Crippen LogP contribution in [-0.2, 0) is 6.54 Å². The van der Waals surface area contributed by atoms with Gasteiger partial charge in [-0.2, -0.15) is 0 Å². The molecule has 0 saturated carbocycles. The van der Waals surface area contributed by atoms with E-state index in [-0.39, 0.29) is 17.6 Å². The third kappa shape index (κ3) is 8.22. The van der Waals surface area contributed by atoms with Crippen molar-refractivity contribution < 1.29 is 9.59 Å². The van der Waals surface area contributed by atoms with Crippen molar-refractivity contribution in [2.24, 2.45) is 0 Å². The van der Waals surface area contributed by atoms with E-state index in [4.69, 9.17) is 5.73 Å². The van der Waals surface area contributed by atoms with Crippen LogP contribution < -0.4 is 21.7 Å². The molecule has 37 heavy (non-hydrogen) atoms. The topological polar surface area (TPSA) is 116 Å². The Hall–Kier alpha value is -4.11. The fourth-order valence-corrected chi connectivity index (χ4v) is 3.87. The maximum Gasteiger partial charge on any atom is 0.322 e. The molecule has 0 fully saturated rings. The van der Waals surface area contributed by atoms with Gasteiger partial charge in [0.25, 0.3) is 5.91 Å². The first-order valence-corrected chi connectivity index (χ1v) is 12.6. The second kappa shape index (κ2) is 13.8. The summed E-state index contributed by atoms with van der Waals surface area (Å²) in [5.74, 6) is -0.344. The molecule has 1 heterocycles. The molecule has 0 radical (unpaired) electrons. The number of nitrogens with one attached hydrogen (secondary N) is 3. The molecule has 0 spiro atoms. The number of benzene rings is 2. The molecule has 0 saturated heterocycles. The highest BCUT2D eigenvalue weighted by molar-refractivity contribution is 6.04. The van der Waals surface area contributed by atoms with Crippen molar-refractivity contribution in [1.29, 1.82) is 0 Å². The van der Waals surface area contributed by atoms with E-state index in [1.54, 1.807) is 41.4 Å². The smallest absolute Gasteiger partial charge is 0.322 e. The van der Waals surface area contributed by atoms with Crippen LogP contribution in [0.4, 0.5) is 27.5 Å². The van der Waals surface area contributed by atoms with E-state index in [2.05, 4.69) is 39.7 Å². The molecule has 0 atom stereocenters. The largest absolute Gasteiger partial charge is 0.397 e. The minimum Gasteiger partial charge on any atom is -0.397 e. The summed E-state index contributed by atoms with van der Waals surface area (Å²) in [6, 6.07) is 17.9. The number of hydrogen-bond donors (Lipinski definition) is 4. The van der Waals surface area contributed by atoms with E-state index in [1.807, 2.05) is 37.4 Å². The van der Waals surface area contributed by atoms with Crippen LogP contribution in [0.3, 0.4) is 0 Å². The van der Waals surface area contributed by atoms with Gasteiger partial charge in [-0.25, -0.2) is 4.79 Å². The van der Waals surface area contributed by atoms with Crippen LogP contribution >= 0.6 is 0 Å². The average Bonchev–Trinajstić information content (AvgIpc) is 2.92. The van der Waals surface area contributed by atoms with Crippen molar-refractivity contribution >= 4 is 34.7 Å². The van der Waals surface area contributed by atoms with Crippen molar-refractivity contribution in [2.45, 2.75) is 26.8 Å². The molecule has 9 nitrogen and oxygen atoms in total. The Balaban J connectivity index is 1.67. The van der Waals surface area contributed by atoms with Crippen molar-refractivity contribution in [3.8, 4) is 0 Å². The number of carbonyl (C=O) groups is 2. The third-order valence-corrected chi connectivity index (χ3v) is 6.15. The van der Waals surface area contributed by atoms with Gasteiger partial charge < -0.3 is 31.5 Å². The Kier molecular flexibility index (Phi) is 10.3. The fraction of sp³-hybridized carbons (Fsp3) is 0.321. The highest BCUT2D eigenvalue weighted by Gasteiger charge is 2.16. The lowest BCUT2D eigenvalue weighted by molar-refractivity contribution is 0.102. The molecule has 0 bridgehead atoms. The van der Waals surface area contributed by atoms with Gasteiger partial charge in [0, 0.05) is 37.7 Å². The molecule has 5 N–H and O–H groups in total. The Morgan fingerprint density at radius 1 is 0.892 bits per heavy atom. The van der Waals surface area contributed by atoms with E-state index in [0.717, 1.165) is 43.0 Å². The number of pyridine rings is 1. The lowest BCUT2D eigenvalue weighted by Gasteiger charge is -2.25. The zero-order chi connectivity index (χ0) is 26.6. The molecule has 0 unspecified atom stereocenters. The summed E-state index contributed by atoms with van der Waals surface area (Å²) in [4.78, 5) is 34.2. The fourth-order valence-electron chi connectivity index (χ4n) is 3.87. The Morgan fingerprint density at radius 3 is 2.22 bits per heavy atom. The molecule has 2 aromatic carbocycles. The summed E-state index contributed by atoms with van der Waals surface area (Å²) in [5.41, 5.74) is 9.74. The Labute approximate surface area is 219 Å². The van der Waals surface area contributed by atoms with Crippen LogP contribution in [0.25, 0.3) is 0 Å². The number of amides is 3. The number of nitrogens with zero attached hydrogens (tertiary/aromatic N) is 3. The van der Waals surface area contributed by atoms with Crippen LogP contribution in [-0.4, -0.2) is 59.9 Å². The van der Waals surface area contributed by atoms with Crippen LogP contribution in [0.15, 0.2) is 66.9 Å². The molecule has 3 rings (SSSR count). The monoisotopic (exact) mass is 503 g/mol. The summed E-state index contributed by atoms with van der Waals surface area (Å²) in [6.45, 7) is 8.10. The lowest BCUT2D eigenvalue weighted by Crippen LogP contribution is -2.37. The number of para-hydroxylation sites is 2. The Morgan fingerprint density at radius 2 is 1.59 bits per heavy atom.